The lowest BCUT2D eigenvalue weighted by atomic mass is 10.1. The summed E-state index contributed by atoms with van der Waals surface area (Å²) in [5, 5.41) is 6.51. The molecule has 7 nitrogen and oxygen atoms in total. The number of anilines is 1. The molecule has 8 heteroatoms. The Bertz CT molecular complexity index is 1210. The van der Waals surface area contributed by atoms with E-state index in [-0.39, 0.29) is 35.6 Å². The summed E-state index contributed by atoms with van der Waals surface area (Å²) in [6, 6.07) is 20.8. The molecule has 4 rings (SSSR count). The van der Waals surface area contributed by atoms with Crippen molar-refractivity contribution in [1.82, 2.24) is 10.1 Å². The van der Waals surface area contributed by atoms with Crippen LogP contribution in [0.25, 0.3) is 11.4 Å². The number of carbonyl (C=O) groups excluding carboxylic acids is 2. The van der Waals surface area contributed by atoms with Crippen molar-refractivity contribution in [3.63, 3.8) is 0 Å². The molecule has 0 bridgehead atoms. The van der Waals surface area contributed by atoms with Crippen LogP contribution in [0, 0.1) is 5.82 Å². The van der Waals surface area contributed by atoms with Gasteiger partial charge in [-0.3, -0.25) is 4.79 Å². The number of esters is 1. The van der Waals surface area contributed by atoms with Gasteiger partial charge in [-0.15, -0.1) is 0 Å². The zero-order valence-corrected chi connectivity index (χ0v) is 16.1. The average molecular weight is 417 g/mol. The van der Waals surface area contributed by atoms with Gasteiger partial charge in [-0.2, -0.15) is 4.98 Å². The molecule has 31 heavy (non-hydrogen) atoms. The average Bonchev–Trinajstić information content (AvgIpc) is 3.28. The predicted octanol–water partition coefficient (Wildman–Crippen LogP) is 4.49. The second kappa shape index (κ2) is 9.00. The molecule has 3 aromatic carbocycles. The molecule has 154 valence electrons. The van der Waals surface area contributed by atoms with Crippen molar-refractivity contribution in [3.05, 3.63) is 102 Å². The molecule has 0 saturated heterocycles. The van der Waals surface area contributed by atoms with Gasteiger partial charge in [0.05, 0.1) is 11.3 Å². The molecule has 0 aliphatic heterocycles. The molecule has 1 amide bonds. The van der Waals surface area contributed by atoms with E-state index in [4.69, 9.17) is 9.26 Å². The van der Waals surface area contributed by atoms with E-state index in [0.717, 1.165) is 0 Å². The number of aromatic nitrogens is 2. The first-order valence-electron chi connectivity index (χ1n) is 9.31. The van der Waals surface area contributed by atoms with Gasteiger partial charge in [0, 0.05) is 11.1 Å². The first-order valence-corrected chi connectivity index (χ1v) is 9.31. The molecule has 1 heterocycles. The quantitative estimate of drug-likeness (QED) is 0.465. The second-order valence-electron chi connectivity index (χ2n) is 6.46. The summed E-state index contributed by atoms with van der Waals surface area (Å²) in [7, 11) is 0. The summed E-state index contributed by atoms with van der Waals surface area (Å²) >= 11 is 0. The van der Waals surface area contributed by atoms with Crippen LogP contribution < -0.4 is 5.32 Å². The third-order valence-electron chi connectivity index (χ3n) is 4.33. The molecule has 0 fully saturated rings. The molecule has 4 aromatic rings. The summed E-state index contributed by atoms with van der Waals surface area (Å²) in [4.78, 5) is 29.1. The number of benzene rings is 3. The van der Waals surface area contributed by atoms with Gasteiger partial charge in [-0.1, -0.05) is 35.5 Å². The van der Waals surface area contributed by atoms with E-state index in [9.17, 15) is 14.0 Å². The van der Waals surface area contributed by atoms with E-state index in [1.807, 2.05) is 0 Å². The Kier molecular flexibility index (Phi) is 5.79. The van der Waals surface area contributed by atoms with E-state index < -0.39 is 5.97 Å². The Morgan fingerprint density at radius 1 is 0.935 bits per heavy atom. The summed E-state index contributed by atoms with van der Waals surface area (Å²) in [5.41, 5.74) is 1.53. The number of halogens is 1. The third kappa shape index (κ3) is 4.81. The highest BCUT2D eigenvalue weighted by Crippen LogP contribution is 2.19. The number of hydrogen-bond donors (Lipinski definition) is 1. The molecular formula is C23H16FN3O4. The fourth-order valence-corrected chi connectivity index (χ4v) is 2.79. The third-order valence-corrected chi connectivity index (χ3v) is 4.33. The molecule has 0 aliphatic carbocycles. The SMILES string of the molecule is O=C(Nc1ccccc1C(=O)OCc1nc(-c2ccc(F)cc2)no1)c1ccccc1. The Labute approximate surface area is 176 Å². The highest BCUT2D eigenvalue weighted by atomic mass is 19.1. The summed E-state index contributed by atoms with van der Waals surface area (Å²) in [5.74, 6) is -1.05. The van der Waals surface area contributed by atoms with Gasteiger partial charge in [0.1, 0.15) is 5.82 Å². The van der Waals surface area contributed by atoms with Crippen LogP contribution in [0.4, 0.5) is 10.1 Å². The zero-order chi connectivity index (χ0) is 21.6. The van der Waals surface area contributed by atoms with Crippen molar-refractivity contribution >= 4 is 17.6 Å². The Morgan fingerprint density at radius 2 is 1.65 bits per heavy atom. The van der Waals surface area contributed by atoms with Gasteiger partial charge in [0.25, 0.3) is 11.8 Å². The number of carbonyl (C=O) groups is 2. The van der Waals surface area contributed by atoms with Crippen LogP contribution in [0.15, 0.2) is 83.4 Å². The monoisotopic (exact) mass is 417 g/mol. The molecule has 0 radical (unpaired) electrons. The van der Waals surface area contributed by atoms with Crippen molar-refractivity contribution in [3.8, 4) is 11.4 Å². The molecule has 0 spiro atoms. The fraction of sp³-hybridized carbons (Fsp3) is 0.0435. The minimum absolute atomic E-state index is 0.0819. The first-order chi connectivity index (χ1) is 15.1. The number of ether oxygens (including phenoxy) is 1. The van der Waals surface area contributed by atoms with E-state index >= 15 is 0 Å². The second-order valence-corrected chi connectivity index (χ2v) is 6.46. The number of nitrogens with one attached hydrogen (secondary N) is 1. The number of amides is 1. The minimum atomic E-state index is -0.662. The maximum absolute atomic E-state index is 13.0. The maximum Gasteiger partial charge on any atom is 0.340 e. The normalized spacial score (nSPS) is 10.5. The molecule has 1 aromatic heterocycles. The maximum atomic E-state index is 13.0. The van der Waals surface area contributed by atoms with E-state index in [1.54, 1.807) is 54.6 Å². The lowest BCUT2D eigenvalue weighted by molar-refractivity contribution is 0.0431. The van der Waals surface area contributed by atoms with Gasteiger partial charge in [-0.05, 0) is 48.5 Å². The number of hydrogen-bond acceptors (Lipinski definition) is 6. The smallest absolute Gasteiger partial charge is 0.340 e. The van der Waals surface area contributed by atoms with Crippen molar-refractivity contribution in [2.24, 2.45) is 0 Å². The Hall–Kier alpha value is -4.33. The van der Waals surface area contributed by atoms with Crippen LogP contribution in [0.5, 0.6) is 0 Å². The van der Waals surface area contributed by atoms with Crippen molar-refractivity contribution in [2.75, 3.05) is 5.32 Å². The standard InChI is InChI=1S/C23H16FN3O4/c24-17-12-10-15(11-13-17)21-26-20(31-27-21)14-30-23(29)18-8-4-5-9-19(18)25-22(28)16-6-2-1-3-7-16/h1-13H,14H2,(H,25,28). The largest absolute Gasteiger partial charge is 0.452 e. The summed E-state index contributed by atoms with van der Waals surface area (Å²) in [6.07, 6.45) is 0. The number of nitrogens with zero attached hydrogens (tertiary/aromatic N) is 2. The van der Waals surface area contributed by atoms with Crippen LogP contribution in [-0.2, 0) is 11.3 Å². The van der Waals surface area contributed by atoms with Crippen molar-refractivity contribution in [1.29, 1.82) is 0 Å². The minimum Gasteiger partial charge on any atom is -0.452 e. The van der Waals surface area contributed by atoms with Crippen LogP contribution in [0.3, 0.4) is 0 Å². The highest BCUT2D eigenvalue weighted by molar-refractivity contribution is 6.07. The van der Waals surface area contributed by atoms with Gasteiger partial charge in [0.2, 0.25) is 5.82 Å². The summed E-state index contributed by atoms with van der Waals surface area (Å²) < 4.78 is 23.4. The molecule has 0 atom stereocenters. The Balaban J connectivity index is 1.43. The van der Waals surface area contributed by atoms with Crippen molar-refractivity contribution in [2.45, 2.75) is 6.61 Å². The van der Waals surface area contributed by atoms with Crippen molar-refractivity contribution < 1.29 is 23.2 Å². The molecule has 1 N–H and O–H groups in total. The zero-order valence-electron chi connectivity index (χ0n) is 16.1. The van der Waals surface area contributed by atoms with E-state index in [2.05, 4.69) is 15.5 Å². The molecular weight excluding hydrogens is 401 g/mol. The lowest BCUT2D eigenvalue weighted by Crippen LogP contribution is -2.15. The summed E-state index contributed by atoms with van der Waals surface area (Å²) in [6.45, 7) is -0.256. The molecule has 0 unspecified atom stereocenters. The van der Waals surface area contributed by atoms with Gasteiger partial charge in [0.15, 0.2) is 6.61 Å². The van der Waals surface area contributed by atoms with Crippen LogP contribution in [-0.4, -0.2) is 22.0 Å². The molecule has 0 aliphatic rings. The van der Waals surface area contributed by atoms with Gasteiger partial charge >= 0.3 is 5.97 Å². The van der Waals surface area contributed by atoms with Crippen LogP contribution in [0.2, 0.25) is 0 Å². The topological polar surface area (TPSA) is 94.3 Å². The lowest BCUT2D eigenvalue weighted by Gasteiger charge is -2.10. The molecule has 0 saturated carbocycles. The number of para-hydroxylation sites is 1. The van der Waals surface area contributed by atoms with Gasteiger partial charge < -0.3 is 14.6 Å². The number of rotatable bonds is 6. The van der Waals surface area contributed by atoms with E-state index in [1.165, 1.54) is 24.3 Å². The van der Waals surface area contributed by atoms with Gasteiger partial charge in [-0.25, -0.2) is 9.18 Å². The highest BCUT2D eigenvalue weighted by Gasteiger charge is 2.17. The first kappa shape index (κ1) is 20.0. The Morgan fingerprint density at radius 3 is 2.42 bits per heavy atom. The fourth-order valence-electron chi connectivity index (χ4n) is 2.79. The van der Waals surface area contributed by atoms with Crippen LogP contribution in [0.1, 0.15) is 26.6 Å². The van der Waals surface area contributed by atoms with Crippen LogP contribution >= 0.6 is 0 Å². The predicted molar refractivity (Wildman–Crippen MR) is 110 cm³/mol. The van der Waals surface area contributed by atoms with E-state index in [0.29, 0.717) is 16.8 Å².